The van der Waals surface area contributed by atoms with Crippen LogP contribution in [0, 0.1) is 0 Å². The molecule has 0 bridgehead atoms. The number of rotatable bonds is 3. The molecule has 10 heavy (non-hydrogen) atoms. The van der Waals surface area contributed by atoms with Crippen LogP contribution in [0.3, 0.4) is 0 Å². The number of anilines is 1. The highest BCUT2D eigenvalue weighted by Gasteiger charge is 1.92. The van der Waals surface area contributed by atoms with E-state index in [0.29, 0.717) is 6.54 Å². The van der Waals surface area contributed by atoms with Crippen molar-refractivity contribution in [1.82, 2.24) is 0 Å². The van der Waals surface area contributed by atoms with E-state index in [0.717, 1.165) is 5.00 Å². The number of carbonyl (C=O) groups is 1. The maximum absolute atomic E-state index is 10.5. The molecular formula is C7H9NOS. The molecule has 0 aliphatic carbocycles. The highest BCUT2D eigenvalue weighted by molar-refractivity contribution is 7.14. The molecule has 3 heteroatoms. The summed E-state index contributed by atoms with van der Waals surface area (Å²) in [5, 5.41) is 6.02. The van der Waals surface area contributed by atoms with Crippen molar-refractivity contribution in [2.75, 3.05) is 11.9 Å². The smallest absolute Gasteiger partial charge is 0.148 e. The minimum atomic E-state index is 0.161. The van der Waals surface area contributed by atoms with Gasteiger partial charge in [0.25, 0.3) is 0 Å². The average molecular weight is 155 g/mol. The van der Waals surface area contributed by atoms with Gasteiger partial charge in [0.05, 0.1) is 11.5 Å². The normalized spacial score (nSPS) is 9.30. The van der Waals surface area contributed by atoms with Crippen LogP contribution in [0.2, 0.25) is 0 Å². The van der Waals surface area contributed by atoms with E-state index >= 15 is 0 Å². The van der Waals surface area contributed by atoms with Gasteiger partial charge >= 0.3 is 0 Å². The molecule has 0 aromatic carbocycles. The Balaban J connectivity index is 2.35. The van der Waals surface area contributed by atoms with Gasteiger partial charge in [-0.05, 0) is 24.4 Å². The molecule has 0 atom stereocenters. The number of carbonyl (C=O) groups excluding carboxylic acids is 1. The van der Waals surface area contributed by atoms with E-state index in [-0.39, 0.29) is 5.78 Å². The summed E-state index contributed by atoms with van der Waals surface area (Å²) >= 11 is 1.60. The van der Waals surface area contributed by atoms with Crippen LogP contribution in [0.4, 0.5) is 5.00 Å². The first-order valence-electron chi connectivity index (χ1n) is 3.06. The Morgan fingerprint density at radius 1 is 1.80 bits per heavy atom. The Kier molecular flexibility index (Phi) is 2.45. The standard InChI is InChI=1S/C7H9NOS/c1-6(9)5-8-7-3-2-4-10-7/h2-4,8H,5H2,1H3. The van der Waals surface area contributed by atoms with E-state index in [1.807, 2.05) is 17.5 Å². The molecule has 0 unspecified atom stereocenters. The van der Waals surface area contributed by atoms with Gasteiger partial charge in [-0.15, -0.1) is 11.3 Å². The summed E-state index contributed by atoms with van der Waals surface area (Å²) in [4.78, 5) is 10.5. The Labute approximate surface area is 63.9 Å². The van der Waals surface area contributed by atoms with Gasteiger partial charge in [-0.2, -0.15) is 0 Å². The summed E-state index contributed by atoms with van der Waals surface area (Å²) in [5.74, 6) is 0.161. The van der Waals surface area contributed by atoms with Gasteiger partial charge in [0, 0.05) is 0 Å². The maximum atomic E-state index is 10.5. The van der Waals surface area contributed by atoms with Crippen molar-refractivity contribution in [2.24, 2.45) is 0 Å². The summed E-state index contributed by atoms with van der Waals surface area (Å²) in [7, 11) is 0. The van der Waals surface area contributed by atoms with Crippen LogP contribution in [-0.4, -0.2) is 12.3 Å². The molecule has 0 amide bonds. The van der Waals surface area contributed by atoms with Crippen molar-refractivity contribution in [3.05, 3.63) is 17.5 Å². The van der Waals surface area contributed by atoms with Crippen LogP contribution < -0.4 is 5.32 Å². The number of Topliss-reactive ketones (excluding diaryl/α,β-unsaturated/α-hetero) is 1. The second-order valence-corrected chi connectivity index (χ2v) is 2.98. The zero-order valence-electron chi connectivity index (χ0n) is 5.76. The van der Waals surface area contributed by atoms with Crippen molar-refractivity contribution in [3.63, 3.8) is 0 Å². The zero-order chi connectivity index (χ0) is 7.40. The first-order valence-corrected chi connectivity index (χ1v) is 3.94. The Morgan fingerprint density at radius 3 is 3.10 bits per heavy atom. The van der Waals surface area contributed by atoms with Gasteiger partial charge in [-0.3, -0.25) is 4.79 Å². The second kappa shape index (κ2) is 3.37. The fourth-order valence-electron chi connectivity index (χ4n) is 0.591. The maximum Gasteiger partial charge on any atom is 0.148 e. The van der Waals surface area contributed by atoms with E-state index in [1.54, 1.807) is 18.3 Å². The molecule has 1 aromatic heterocycles. The van der Waals surface area contributed by atoms with Gasteiger partial charge in [0.1, 0.15) is 5.78 Å². The van der Waals surface area contributed by atoms with Crippen LogP contribution in [0.25, 0.3) is 0 Å². The molecule has 0 saturated heterocycles. The summed E-state index contributed by atoms with van der Waals surface area (Å²) in [6, 6.07) is 3.90. The summed E-state index contributed by atoms with van der Waals surface area (Å²) in [6.45, 7) is 2.00. The zero-order valence-corrected chi connectivity index (χ0v) is 6.57. The lowest BCUT2D eigenvalue weighted by atomic mass is 10.4. The minimum Gasteiger partial charge on any atom is -0.370 e. The highest BCUT2D eigenvalue weighted by Crippen LogP contribution is 2.13. The third-order valence-electron chi connectivity index (χ3n) is 1.03. The first kappa shape index (κ1) is 7.28. The molecule has 54 valence electrons. The van der Waals surface area contributed by atoms with Crippen molar-refractivity contribution in [2.45, 2.75) is 6.92 Å². The predicted octanol–water partition coefficient (Wildman–Crippen LogP) is 1.75. The molecule has 0 fully saturated rings. The first-order chi connectivity index (χ1) is 4.79. The van der Waals surface area contributed by atoms with Crippen LogP contribution in [0.15, 0.2) is 17.5 Å². The number of hydrogen-bond donors (Lipinski definition) is 1. The minimum absolute atomic E-state index is 0.161. The molecule has 1 rings (SSSR count). The van der Waals surface area contributed by atoms with Crippen LogP contribution in [0.1, 0.15) is 6.92 Å². The third kappa shape index (κ3) is 2.19. The molecule has 1 aromatic rings. The molecule has 1 heterocycles. The molecule has 0 radical (unpaired) electrons. The number of thiophene rings is 1. The summed E-state index contributed by atoms with van der Waals surface area (Å²) in [6.07, 6.45) is 0. The van der Waals surface area contributed by atoms with Gasteiger partial charge < -0.3 is 5.32 Å². The Bertz CT molecular complexity index is 205. The average Bonchev–Trinajstić information content (AvgIpc) is 2.34. The van der Waals surface area contributed by atoms with E-state index in [2.05, 4.69) is 5.32 Å². The molecule has 0 aliphatic heterocycles. The van der Waals surface area contributed by atoms with Crippen molar-refractivity contribution in [3.8, 4) is 0 Å². The molecule has 2 nitrogen and oxygen atoms in total. The summed E-state index contributed by atoms with van der Waals surface area (Å²) < 4.78 is 0. The van der Waals surface area contributed by atoms with E-state index in [1.165, 1.54) is 0 Å². The SMILES string of the molecule is CC(=O)CNc1cccs1. The largest absolute Gasteiger partial charge is 0.370 e. The van der Waals surface area contributed by atoms with Crippen LogP contribution in [-0.2, 0) is 4.79 Å². The molecule has 0 saturated carbocycles. The Hall–Kier alpha value is -0.830. The highest BCUT2D eigenvalue weighted by atomic mass is 32.1. The summed E-state index contributed by atoms with van der Waals surface area (Å²) in [5.41, 5.74) is 0. The van der Waals surface area contributed by atoms with E-state index < -0.39 is 0 Å². The fourth-order valence-corrected chi connectivity index (χ4v) is 1.21. The van der Waals surface area contributed by atoms with Crippen molar-refractivity contribution in [1.29, 1.82) is 0 Å². The lowest BCUT2D eigenvalue weighted by Crippen LogP contribution is -2.08. The predicted molar refractivity (Wildman–Crippen MR) is 43.5 cm³/mol. The van der Waals surface area contributed by atoms with Crippen LogP contribution in [0.5, 0.6) is 0 Å². The van der Waals surface area contributed by atoms with Gasteiger partial charge in [-0.25, -0.2) is 0 Å². The molecule has 0 spiro atoms. The van der Waals surface area contributed by atoms with E-state index in [9.17, 15) is 4.79 Å². The second-order valence-electron chi connectivity index (χ2n) is 2.03. The number of nitrogens with one attached hydrogen (secondary N) is 1. The quantitative estimate of drug-likeness (QED) is 0.720. The Morgan fingerprint density at radius 2 is 2.60 bits per heavy atom. The van der Waals surface area contributed by atoms with E-state index in [4.69, 9.17) is 0 Å². The van der Waals surface area contributed by atoms with Crippen LogP contribution >= 0.6 is 11.3 Å². The lowest BCUT2D eigenvalue weighted by Gasteiger charge is -1.96. The van der Waals surface area contributed by atoms with Gasteiger partial charge in [-0.1, -0.05) is 0 Å². The lowest BCUT2D eigenvalue weighted by molar-refractivity contribution is -0.115. The van der Waals surface area contributed by atoms with Crippen molar-refractivity contribution < 1.29 is 4.79 Å². The monoisotopic (exact) mass is 155 g/mol. The number of ketones is 1. The topological polar surface area (TPSA) is 29.1 Å². The molecular weight excluding hydrogens is 146 g/mol. The molecule has 1 N–H and O–H groups in total. The third-order valence-corrected chi connectivity index (χ3v) is 1.86. The number of hydrogen-bond acceptors (Lipinski definition) is 3. The van der Waals surface area contributed by atoms with Gasteiger partial charge in [0.15, 0.2) is 0 Å². The fraction of sp³-hybridized carbons (Fsp3) is 0.286. The molecule has 0 aliphatic rings. The van der Waals surface area contributed by atoms with Gasteiger partial charge in [0.2, 0.25) is 0 Å². The van der Waals surface area contributed by atoms with Crippen molar-refractivity contribution >= 4 is 22.1 Å².